The zero-order chi connectivity index (χ0) is 33.5. The number of halogens is 3. The Morgan fingerprint density at radius 3 is 0.644 bits per heavy atom. The van der Waals surface area contributed by atoms with Crippen LogP contribution in [0.15, 0.2) is 54.6 Å². The summed E-state index contributed by atoms with van der Waals surface area (Å²) in [6.07, 6.45) is 0. The van der Waals surface area contributed by atoms with E-state index in [9.17, 15) is 0 Å². The monoisotopic (exact) mass is 726 g/mol. The fourth-order valence-electron chi connectivity index (χ4n) is 6.39. The topological polar surface area (TPSA) is 9.72 Å². The summed E-state index contributed by atoms with van der Waals surface area (Å²) in [5, 5.41) is 0. The number of anilines is 3. The van der Waals surface area contributed by atoms with Crippen molar-refractivity contribution in [2.24, 2.45) is 0 Å². The van der Waals surface area contributed by atoms with Crippen LogP contribution in [0.25, 0.3) is 0 Å². The normalized spacial score (nSPS) is 19.4. The van der Waals surface area contributed by atoms with Gasteiger partial charge in [-0.2, -0.15) is 0 Å². The maximum atomic E-state index is 7.98. The molecule has 9 heteroatoms. The van der Waals surface area contributed by atoms with Crippen LogP contribution in [0.2, 0.25) is 0 Å². The molecule has 3 aromatic rings. The van der Waals surface area contributed by atoms with Gasteiger partial charge in [0.1, 0.15) is 50.8 Å². The molecule has 1 heterocycles. The molecule has 1 saturated heterocycles. The molecule has 0 amide bonds. The SMILES string of the molecule is CC(C)c1cccc(C(C)C)c1N1[PH+](Cl)N(c2c(C(C)C)cccc2C(C)C)[PH+](Cl)N(c2c(C(C)C)cccc2C(C)C)[PH+]1Cl. The van der Waals surface area contributed by atoms with E-state index in [1.165, 1.54) is 50.4 Å². The van der Waals surface area contributed by atoms with E-state index in [1.54, 1.807) is 0 Å². The van der Waals surface area contributed by atoms with E-state index in [-0.39, 0.29) is 0 Å². The Morgan fingerprint density at radius 1 is 0.356 bits per heavy atom. The Balaban J connectivity index is 2.16. The first-order chi connectivity index (χ1) is 21.1. The fourth-order valence-corrected chi connectivity index (χ4v) is 21.2. The molecule has 0 bridgehead atoms. The average Bonchev–Trinajstić information content (AvgIpc) is 2.96. The largest absolute Gasteiger partial charge is 0.364 e. The second-order valence-electron chi connectivity index (χ2n) is 14.1. The number of hydrogen-bond donors (Lipinski definition) is 0. The van der Waals surface area contributed by atoms with Gasteiger partial charge in [-0.05, 0) is 68.9 Å². The molecule has 3 aromatic carbocycles. The molecule has 0 saturated carbocycles. The molecule has 0 radical (unpaired) electrons. The number of para-hydroxylation sites is 3. The minimum Gasteiger partial charge on any atom is -0.0615 e. The Hall–Kier alpha value is -0.780. The molecular formula is C36H54Cl3N3P3+3. The van der Waals surface area contributed by atoms with Crippen molar-refractivity contribution in [1.82, 2.24) is 0 Å². The molecule has 45 heavy (non-hydrogen) atoms. The summed E-state index contributed by atoms with van der Waals surface area (Å²) < 4.78 is 7.38. The van der Waals surface area contributed by atoms with Crippen LogP contribution < -0.4 is 13.3 Å². The van der Waals surface area contributed by atoms with Crippen LogP contribution in [-0.2, 0) is 0 Å². The van der Waals surface area contributed by atoms with Crippen LogP contribution in [0.5, 0.6) is 0 Å². The van der Waals surface area contributed by atoms with E-state index in [0.717, 1.165) is 0 Å². The Bertz CT molecular complexity index is 1210. The van der Waals surface area contributed by atoms with Crippen molar-refractivity contribution >= 4 is 73.5 Å². The van der Waals surface area contributed by atoms with E-state index < -0.39 is 22.7 Å². The molecule has 0 spiro atoms. The number of benzene rings is 3. The molecule has 0 aromatic heterocycles. The first-order valence-corrected chi connectivity index (χ1v) is 23.7. The zero-order valence-electron chi connectivity index (χ0n) is 29.1. The lowest BCUT2D eigenvalue weighted by atomic mass is 9.93. The van der Waals surface area contributed by atoms with Crippen LogP contribution in [0.3, 0.4) is 0 Å². The van der Waals surface area contributed by atoms with Gasteiger partial charge in [-0.3, -0.25) is 0 Å². The van der Waals surface area contributed by atoms with Crippen LogP contribution in [0.1, 0.15) is 152 Å². The summed E-state index contributed by atoms with van der Waals surface area (Å²) in [6, 6.07) is 20.2. The molecule has 246 valence electrons. The van der Waals surface area contributed by atoms with Crippen LogP contribution in [0.4, 0.5) is 17.1 Å². The molecular weight excluding hydrogens is 674 g/mol. The van der Waals surface area contributed by atoms with Crippen molar-refractivity contribution in [2.45, 2.75) is 119 Å². The quantitative estimate of drug-likeness (QED) is 0.203. The summed E-state index contributed by atoms with van der Waals surface area (Å²) >= 11 is 23.9. The molecule has 1 fully saturated rings. The zero-order valence-corrected chi connectivity index (χ0v) is 34.4. The summed E-state index contributed by atoms with van der Waals surface area (Å²) in [5.74, 6) is 1.86. The summed E-state index contributed by atoms with van der Waals surface area (Å²) in [5.41, 5.74) is 11.4. The lowest BCUT2D eigenvalue weighted by Gasteiger charge is -2.39. The maximum absolute atomic E-state index is 7.98. The third-order valence-corrected chi connectivity index (χ3v) is 21.8. The predicted octanol–water partition coefficient (Wildman–Crippen LogP) is 14.9. The van der Waals surface area contributed by atoms with Crippen molar-refractivity contribution in [2.75, 3.05) is 13.3 Å². The van der Waals surface area contributed by atoms with Crippen molar-refractivity contribution < 1.29 is 0 Å². The summed E-state index contributed by atoms with van der Waals surface area (Å²) in [6.45, 7) is 27.3. The van der Waals surface area contributed by atoms with E-state index >= 15 is 0 Å². The lowest BCUT2D eigenvalue weighted by Crippen LogP contribution is -2.35. The third kappa shape index (κ3) is 7.17. The highest BCUT2D eigenvalue weighted by atomic mass is 35.7. The molecule has 0 N–H and O–H groups in total. The van der Waals surface area contributed by atoms with Gasteiger partial charge in [0.05, 0.1) is 0 Å². The van der Waals surface area contributed by atoms with Crippen LogP contribution in [-0.4, -0.2) is 0 Å². The van der Waals surface area contributed by atoms with Crippen molar-refractivity contribution in [1.29, 1.82) is 0 Å². The standard InChI is InChI=1S/C36H51Cl3N3P3/c1-22(2)28-16-13-17-29(23(3)4)34(28)40-43(37)41(35-30(24(5)6)18-14-19-31(35)25(7)8)45(39)42(44(40)38)36-32(26(9)10)20-15-21-33(36)27(11)12/h13-27H,1-12H3/p+3. The first-order valence-electron chi connectivity index (χ1n) is 16.5. The molecule has 4 rings (SSSR count). The molecule has 3 nitrogen and oxygen atoms in total. The van der Waals surface area contributed by atoms with Crippen LogP contribution >= 0.6 is 56.4 Å². The summed E-state index contributed by atoms with van der Waals surface area (Å²) in [7, 11) is -5.92. The van der Waals surface area contributed by atoms with Gasteiger partial charge in [-0.1, -0.05) is 151 Å². The van der Waals surface area contributed by atoms with Crippen LogP contribution in [0, 0.1) is 0 Å². The minimum absolute atomic E-state index is 0.310. The third-order valence-electron chi connectivity index (χ3n) is 8.81. The number of hydrogen-bond acceptors (Lipinski definition) is 3. The van der Waals surface area contributed by atoms with Gasteiger partial charge in [0.25, 0.3) is 0 Å². The van der Waals surface area contributed by atoms with Gasteiger partial charge in [0.15, 0.2) is 0 Å². The first kappa shape index (κ1) is 37.0. The second kappa shape index (κ2) is 15.2. The molecule has 1 aliphatic rings. The van der Waals surface area contributed by atoms with E-state index in [4.69, 9.17) is 33.7 Å². The van der Waals surface area contributed by atoms with Crippen molar-refractivity contribution in [3.8, 4) is 0 Å². The highest BCUT2D eigenvalue weighted by Gasteiger charge is 2.66. The highest BCUT2D eigenvalue weighted by molar-refractivity contribution is 8.15. The van der Waals surface area contributed by atoms with Gasteiger partial charge < -0.3 is 0 Å². The van der Waals surface area contributed by atoms with Gasteiger partial charge in [-0.15, -0.1) is 0 Å². The second-order valence-corrected chi connectivity index (χ2v) is 22.8. The van der Waals surface area contributed by atoms with Gasteiger partial charge in [0, 0.05) is 0 Å². The smallest absolute Gasteiger partial charge is 0.0615 e. The van der Waals surface area contributed by atoms with E-state index in [2.05, 4.69) is 151 Å². The number of nitrogens with zero attached hydrogens (tertiary/aromatic N) is 3. The fraction of sp³-hybridized carbons (Fsp3) is 0.500. The van der Waals surface area contributed by atoms with Gasteiger partial charge in [-0.25, -0.2) is 0 Å². The minimum atomic E-state index is -1.97. The highest BCUT2D eigenvalue weighted by Crippen LogP contribution is 2.84. The molecule has 0 atom stereocenters. The van der Waals surface area contributed by atoms with Crippen molar-refractivity contribution in [3.63, 3.8) is 0 Å². The molecule has 1 aliphatic heterocycles. The number of rotatable bonds is 9. The van der Waals surface area contributed by atoms with E-state index in [1.807, 2.05) is 0 Å². The van der Waals surface area contributed by atoms with Crippen molar-refractivity contribution in [3.05, 3.63) is 88.0 Å². The average molecular weight is 728 g/mol. The molecule has 0 aliphatic carbocycles. The van der Waals surface area contributed by atoms with Gasteiger partial charge >= 0.3 is 22.7 Å². The molecule has 0 unspecified atom stereocenters. The predicted molar refractivity (Wildman–Crippen MR) is 214 cm³/mol. The Kier molecular flexibility index (Phi) is 12.5. The van der Waals surface area contributed by atoms with Gasteiger partial charge in [0.2, 0.25) is 0 Å². The Labute approximate surface area is 292 Å². The van der Waals surface area contributed by atoms with E-state index in [0.29, 0.717) is 35.5 Å². The Morgan fingerprint density at radius 2 is 0.511 bits per heavy atom. The lowest BCUT2D eigenvalue weighted by molar-refractivity contribution is 0.833. The summed E-state index contributed by atoms with van der Waals surface area (Å²) in [4.78, 5) is 0. The maximum Gasteiger partial charge on any atom is 0.364 e.